The normalized spacial score (nSPS) is 12.2. The van der Waals surface area contributed by atoms with Crippen molar-refractivity contribution >= 4 is 8.24 Å². The highest BCUT2D eigenvalue weighted by Gasteiger charge is 2.22. The zero-order valence-electron chi connectivity index (χ0n) is 13.4. The van der Waals surface area contributed by atoms with Gasteiger partial charge in [0.2, 0.25) is 0 Å². The van der Waals surface area contributed by atoms with Crippen molar-refractivity contribution < 1.29 is 0 Å². The Morgan fingerprint density at radius 1 is 0.857 bits per heavy atom. The predicted molar refractivity (Wildman–Crippen MR) is 88.6 cm³/mol. The van der Waals surface area contributed by atoms with Crippen molar-refractivity contribution in [3.8, 4) is 0 Å². The molecule has 0 aliphatic heterocycles. The van der Waals surface area contributed by atoms with Crippen LogP contribution in [-0.4, -0.2) is 45.0 Å². The molecule has 21 heavy (non-hydrogen) atoms. The third kappa shape index (κ3) is 5.47. The van der Waals surface area contributed by atoms with E-state index in [-0.39, 0.29) is 0 Å². The van der Waals surface area contributed by atoms with Gasteiger partial charge < -0.3 is 13.7 Å². The third-order valence-electron chi connectivity index (χ3n) is 3.76. The maximum absolute atomic E-state index is 4.10. The van der Waals surface area contributed by atoms with E-state index in [2.05, 4.69) is 43.3 Å². The zero-order chi connectivity index (χ0) is 15.1. The molecule has 2 rings (SSSR count). The molecule has 0 saturated carbocycles. The van der Waals surface area contributed by atoms with Crippen molar-refractivity contribution in [2.24, 2.45) is 0 Å². The molecule has 0 radical (unpaired) electrons. The number of nitrogens with zero attached hydrogens (tertiary/aromatic N) is 5. The molecular weight excluding hydrogens is 278 g/mol. The zero-order valence-corrected chi connectivity index (χ0v) is 14.4. The van der Waals surface area contributed by atoms with E-state index in [0.717, 1.165) is 13.1 Å². The fourth-order valence-electron chi connectivity index (χ4n) is 2.51. The van der Waals surface area contributed by atoms with Crippen LogP contribution in [-0.2, 0) is 13.1 Å². The standard InChI is InChI=1S/C15H27N5Si/c1-21(2,3)20(10-4-8-18-12-6-16-14-18)11-5-9-19-13-7-17-15-19/h6-7,12-15H,4-5,8-11H2,1-3H3. The average Bonchev–Trinajstić information content (AvgIpc) is 3.08. The largest absolute Gasteiger partial charge is 0.337 e. The Morgan fingerprint density at radius 3 is 1.67 bits per heavy atom. The second kappa shape index (κ2) is 7.56. The topological polar surface area (TPSA) is 38.9 Å². The molecule has 0 bridgehead atoms. The van der Waals surface area contributed by atoms with Crippen LogP contribution >= 0.6 is 0 Å². The lowest BCUT2D eigenvalue weighted by Gasteiger charge is -2.34. The fraction of sp³-hybridized carbons (Fsp3) is 0.600. The summed E-state index contributed by atoms with van der Waals surface area (Å²) in [6, 6.07) is 0. The third-order valence-corrected chi connectivity index (χ3v) is 6.10. The lowest BCUT2D eigenvalue weighted by atomic mass is 10.3. The first-order valence-corrected chi connectivity index (χ1v) is 11.2. The number of imidazole rings is 2. The van der Waals surface area contributed by atoms with E-state index in [1.54, 1.807) is 0 Å². The van der Waals surface area contributed by atoms with Crippen LogP contribution in [0.4, 0.5) is 0 Å². The monoisotopic (exact) mass is 305 g/mol. The first-order chi connectivity index (χ1) is 10.1. The van der Waals surface area contributed by atoms with E-state index in [1.165, 1.54) is 25.9 Å². The van der Waals surface area contributed by atoms with Crippen molar-refractivity contribution in [2.75, 3.05) is 13.1 Å². The number of aromatic nitrogens is 4. The van der Waals surface area contributed by atoms with Gasteiger partial charge >= 0.3 is 0 Å². The number of hydrogen-bond acceptors (Lipinski definition) is 3. The minimum Gasteiger partial charge on any atom is -0.337 e. The highest BCUT2D eigenvalue weighted by Crippen LogP contribution is 2.11. The molecule has 0 saturated heterocycles. The smallest absolute Gasteiger partial charge is 0.119 e. The Labute approximate surface area is 128 Å². The summed E-state index contributed by atoms with van der Waals surface area (Å²) in [5, 5.41) is 0. The molecule has 0 spiro atoms. The maximum Gasteiger partial charge on any atom is 0.119 e. The average molecular weight is 306 g/mol. The van der Waals surface area contributed by atoms with Crippen LogP contribution in [0.15, 0.2) is 37.4 Å². The molecule has 0 unspecified atom stereocenters. The van der Waals surface area contributed by atoms with E-state index in [0.29, 0.717) is 0 Å². The molecule has 0 aromatic carbocycles. The molecule has 116 valence electrons. The van der Waals surface area contributed by atoms with Crippen LogP contribution in [0, 0.1) is 0 Å². The van der Waals surface area contributed by atoms with Crippen LogP contribution in [0.3, 0.4) is 0 Å². The summed E-state index contributed by atoms with van der Waals surface area (Å²) in [4.78, 5) is 8.19. The molecule has 2 aromatic heterocycles. The summed E-state index contributed by atoms with van der Waals surface area (Å²) in [6.45, 7) is 11.8. The van der Waals surface area contributed by atoms with Gasteiger partial charge in [-0.25, -0.2) is 9.97 Å². The van der Waals surface area contributed by atoms with Gasteiger partial charge in [0.05, 0.1) is 12.7 Å². The first-order valence-electron chi connectivity index (χ1n) is 7.72. The number of aryl methyl sites for hydroxylation is 2. The van der Waals surface area contributed by atoms with Crippen LogP contribution in [0.5, 0.6) is 0 Å². The SMILES string of the molecule is C[Si](C)(C)N(CCCn1ccnc1)CCCn1ccnc1. The summed E-state index contributed by atoms with van der Waals surface area (Å²) in [5.74, 6) is 0. The van der Waals surface area contributed by atoms with Crippen molar-refractivity contribution in [3.63, 3.8) is 0 Å². The molecule has 0 N–H and O–H groups in total. The molecule has 0 aliphatic rings. The van der Waals surface area contributed by atoms with Crippen molar-refractivity contribution in [3.05, 3.63) is 37.4 Å². The van der Waals surface area contributed by atoms with E-state index in [9.17, 15) is 0 Å². The molecule has 0 fully saturated rings. The summed E-state index contributed by atoms with van der Waals surface area (Å²) in [5.41, 5.74) is 0. The Morgan fingerprint density at radius 2 is 1.33 bits per heavy atom. The maximum atomic E-state index is 4.10. The van der Waals surface area contributed by atoms with Crippen molar-refractivity contribution in [2.45, 2.75) is 45.6 Å². The van der Waals surface area contributed by atoms with Gasteiger partial charge in [0, 0.05) is 37.9 Å². The molecule has 5 nitrogen and oxygen atoms in total. The molecule has 2 heterocycles. The summed E-state index contributed by atoms with van der Waals surface area (Å²) in [7, 11) is -1.25. The molecule has 0 aliphatic carbocycles. The molecule has 0 atom stereocenters. The minimum absolute atomic E-state index is 1.06. The van der Waals surface area contributed by atoms with Gasteiger partial charge in [-0.3, -0.25) is 0 Å². The summed E-state index contributed by atoms with van der Waals surface area (Å²) >= 11 is 0. The van der Waals surface area contributed by atoms with Gasteiger partial charge in [0.25, 0.3) is 0 Å². The Balaban J connectivity index is 1.74. The van der Waals surface area contributed by atoms with Crippen LogP contribution in [0.2, 0.25) is 19.6 Å². The van der Waals surface area contributed by atoms with Gasteiger partial charge in [-0.1, -0.05) is 19.6 Å². The van der Waals surface area contributed by atoms with Crippen molar-refractivity contribution in [1.29, 1.82) is 0 Å². The Bertz CT molecular complexity index is 446. The van der Waals surface area contributed by atoms with E-state index in [4.69, 9.17) is 0 Å². The lowest BCUT2D eigenvalue weighted by Crippen LogP contribution is -2.47. The van der Waals surface area contributed by atoms with Crippen molar-refractivity contribution in [1.82, 2.24) is 23.7 Å². The van der Waals surface area contributed by atoms with Crippen LogP contribution in [0.25, 0.3) is 0 Å². The van der Waals surface area contributed by atoms with Gasteiger partial charge in [-0.2, -0.15) is 0 Å². The number of hydrogen-bond donors (Lipinski definition) is 0. The van der Waals surface area contributed by atoms with Gasteiger partial charge in [-0.05, 0) is 25.9 Å². The van der Waals surface area contributed by atoms with Crippen LogP contribution < -0.4 is 0 Å². The quantitative estimate of drug-likeness (QED) is 0.669. The van der Waals surface area contributed by atoms with E-state index >= 15 is 0 Å². The first kappa shape index (κ1) is 16.0. The highest BCUT2D eigenvalue weighted by atomic mass is 28.3. The fourth-order valence-corrected chi connectivity index (χ4v) is 4.17. The lowest BCUT2D eigenvalue weighted by molar-refractivity contribution is 0.382. The molecule has 6 heteroatoms. The van der Waals surface area contributed by atoms with E-state index < -0.39 is 8.24 Å². The second-order valence-corrected chi connectivity index (χ2v) is 11.4. The molecule has 0 amide bonds. The summed E-state index contributed by atoms with van der Waals surface area (Å²) in [6.07, 6.45) is 14.0. The van der Waals surface area contributed by atoms with E-state index in [1.807, 2.05) is 37.4 Å². The Hall–Kier alpha value is -1.40. The Kier molecular flexibility index (Phi) is 5.75. The predicted octanol–water partition coefficient (Wildman–Crippen LogP) is 2.70. The van der Waals surface area contributed by atoms with Gasteiger partial charge in [0.1, 0.15) is 8.24 Å². The molecular formula is C15H27N5Si. The van der Waals surface area contributed by atoms with Gasteiger partial charge in [-0.15, -0.1) is 0 Å². The van der Waals surface area contributed by atoms with Crippen LogP contribution in [0.1, 0.15) is 12.8 Å². The minimum atomic E-state index is -1.25. The molecule has 2 aromatic rings. The highest BCUT2D eigenvalue weighted by molar-refractivity contribution is 6.73. The van der Waals surface area contributed by atoms with Gasteiger partial charge in [0.15, 0.2) is 0 Å². The summed E-state index contributed by atoms with van der Waals surface area (Å²) < 4.78 is 7.03. The number of rotatable bonds is 9. The second-order valence-electron chi connectivity index (χ2n) is 6.47.